The molecule has 98 valence electrons. The number of nitrogens with zero attached hydrogens (tertiary/aromatic N) is 1. The van der Waals surface area contributed by atoms with Crippen LogP contribution in [0.15, 0.2) is 24.3 Å². The van der Waals surface area contributed by atoms with Crippen molar-refractivity contribution in [2.75, 3.05) is 20.2 Å². The molecule has 0 spiro atoms. The topological polar surface area (TPSA) is 49.8 Å². The molecule has 4 heteroatoms. The molecule has 1 aliphatic rings. The van der Waals surface area contributed by atoms with Crippen molar-refractivity contribution in [1.29, 1.82) is 0 Å². The minimum absolute atomic E-state index is 0.0757. The Hall–Kier alpha value is -1.55. The number of methoxy groups -OCH3 is 1. The van der Waals surface area contributed by atoms with Crippen LogP contribution < -0.4 is 4.74 Å². The first-order valence-corrected chi connectivity index (χ1v) is 6.17. The lowest BCUT2D eigenvalue weighted by Gasteiger charge is -2.38. The van der Waals surface area contributed by atoms with Gasteiger partial charge in [-0.05, 0) is 30.5 Å². The zero-order chi connectivity index (χ0) is 13.2. The van der Waals surface area contributed by atoms with Crippen molar-refractivity contribution in [3.8, 4) is 5.75 Å². The first kappa shape index (κ1) is 12.9. The molecule has 1 fully saturated rings. The van der Waals surface area contributed by atoms with Gasteiger partial charge in [-0.25, -0.2) is 0 Å². The van der Waals surface area contributed by atoms with Crippen LogP contribution in [-0.2, 0) is 10.4 Å². The third-order valence-electron chi connectivity index (χ3n) is 3.66. The van der Waals surface area contributed by atoms with Crippen molar-refractivity contribution in [1.82, 2.24) is 4.90 Å². The third-order valence-corrected chi connectivity index (χ3v) is 3.66. The number of hydrogen-bond donors (Lipinski definition) is 1. The number of carbonyl (C=O) groups excluding carboxylic acids is 1. The van der Waals surface area contributed by atoms with E-state index in [0.29, 0.717) is 25.9 Å². The van der Waals surface area contributed by atoms with E-state index >= 15 is 0 Å². The Kier molecular flexibility index (Phi) is 3.57. The molecule has 0 bridgehead atoms. The quantitative estimate of drug-likeness (QED) is 0.864. The van der Waals surface area contributed by atoms with Gasteiger partial charge in [-0.3, -0.25) is 4.79 Å². The highest BCUT2D eigenvalue weighted by Gasteiger charge is 2.34. The van der Waals surface area contributed by atoms with Gasteiger partial charge in [-0.15, -0.1) is 0 Å². The first-order valence-electron chi connectivity index (χ1n) is 6.17. The Morgan fingerprint density at radius 1 is 1.28 bits per heavy atom. The van der Waals surface area contributed by atoms with Crippen LogP contribution in [0.4, 0.5) is 0 Å². The van der Waals surface area contributed by atoms with E-state index in [1.807, 2.05) is 24.3 Å². The smallest absolute Gasteiger partial charge is 0.219 e. The van der Waals surface area contributed by atoms with Gasteiger partial charge in [-0.2, -0.15) is 0 Å². The van der Waals surface area contributed by atoms with Crippen LogP contribution in [0.3, 0.4) is 0 Å². The summed E-state index contributed by atoms with van der Waals surface area (Å²) in [5.41, 5.74) is 0.0737. The van der Waals surface area contributed by atoms with Crippen LogP contribution in [0, 0.1) is 0 Å². The number of rotatable bonds is 2. The van der Waals surface area contributed by atoms with E-state index in [1.165, 1.54) is 0 Å². The van der Waals surface area contributed by atoms with Crippen molar-refractivity contribution in [3.05, 3.63) is 29.8 Å². The number of benzene rings is 1. The second-order valence-electron chi connectivity index (χ2n) is 4.77. The average Bonchev–Trinajstić information content (AvgIpc) is 2.39. The molecule has 1 saturated heterocycles. The molecule has 1 heterocycles. The lowest BCUT2D eigenvalue weighted by atomic mass is 9.84. The number of ether oxygens (including phenoxy) is 1. The molecular formula is C14H19NO3. The van der Waals surface area contributed by atoms with Crippen molar-refractivity contribution < 1.29 is 14.6 Å². The normalized spacial score (nSPS) is 18.5. The molecule has 1 aliphatic heterocycles. The van der Waals surface area contributed by atoms with Gasteiger partial charge in [0.25, 0.3) is 0 Å². The standard InChI is InChI=1S/C14H19NO3/c1-11(16)15-9-7-14(17,8-10-15)12-3-5-13(18-2)6-4-12/h3-6,17H,7-10H2,1-2H3. The van der Waals surface area contributed by atoms with Crippen molar-refractivity contribution >= 4 is 5.91 Å². The van der Waals surface area contributed by atoms with Crippen molar-refractivity contribution in [2.45, 2.75) is 25.4 Å². The molecule has 0 atom stereocenters. The summed E-state index contributed by atoms with van der Waals surface area (Å²) in [7, 11) is 1.62. The van der Waals surface area contributed by atoms with Crippen LogP contribution in [0.2, 0.25) is 0 Å². The summed E-state index contributed by atoms with van der Waals surface area (Å²) in [6.45, 7) is 2.79. The molecule has 1 N–H and O–H groups in total. The minimum Gasteiger partial charge on any atom is -0.497 e. The van der Waals surface area contributed by atoms with Crippen LogP contribution >= 0.6 is 0 Å². The van der Waals surface area contributed by atoms with Gasteiger partial charge in [-0.1, -0.05) is 12.1 Å². The zero-order valence-corrected chi connectivity index (χ0v) is 10.8. The SMILES string of the molecule is COc1ccc(C2(O)CCN(C(C)=O)CC2)cc1. The molecule has 2 rings (SSSR count). The molecule has 18 heavy (non-hydrogen) atoms. The van der Waals surface area contributed by atoms with Crippen LogP contribution in [0.5, 0.6) is 5.75 Å². The highest BCUT2D eigenvalue weighted by Crippen LogP contribution is 2.33. The maximum atomic E-state index is 11.3. The molecule has 1 aromatic carbocycles. The number of carbonyl (C=O) groups is 1. The molecule has 0 saturated carbocycles. The third kappa shape index (κ3) is 2.48. The van der Waals surface area contributed by atoms with Gasteiger partial charge in [0.05, 0.1) is 12.7 Å². The van der Waals surface area contributed by atoms with E-state index in [2.05, 4.69) is 0 Å². The maximum Gasteiger partial charge on any atom is 0.219 e. The summed E-state index contributed by atoms with van der Waals surface area (Å²) < 4.78 is 5.10. The molecule has 0 aromatic heterocycles. The van der Waals surface area contributed by atoms with E-state index < -0.39 is 5.60 Å². The molecule has 4 nitrogen and oxygen atoms in total. The molecule has 0 unspecified atom stereocenters. The number of hydrogen-bond acceptors (Lipinski definition) is 3. The summed E-state index contributed by atoms with van der Waals surface area (Å²) >= 11 is 0. The van der Waals surface area contributed by atoms with Gasteiger partial charge >= 0.3 is 0 Å². The second-order valence-corrected chi connectivity index (χ2v) is 4.77. The van der Waals surface area contributed by atoms with Crippen LogP contribution in [0.25, 0.3) is 0 Å². The first-order chi connectivity index (χ1) is 8.55. The Balaban J connectivity index is 2.10. The van der Waals surface area contributed by atoms with Gasteiger partial charge in [0.1, 0.15) is 5.75 Å². The number of amides is 1. The molecule has 1 aromatic rings. The van der Waals surface area contributed by atoms with Crippen molar-refractivity contribution in [3.63, 3.8) is 0 Å². The van der Waals surface area contributed by atoms with Crippen molar-refractivity contribution in [2.24, 2.45) is 0 Å². The summed E-state index contributed by atoms with van der Waals surface area (Å²) in [6, 6.07) is 7.49. The fraction of sp³-hybridized carbons (Fsp3) is 0.500. The van der Waals surface area contributed by atoms with E-state index in [0.717, 1.165) is 11.3 Å². The van der Waals surface area contributed by atoms with Gasteiger partial charge in [0.2, 0.25) is 5.91 Å². The average molecular weight is 249 g/mol. The second kappa shape index (κ2) is 4.98. The Morgan fingerprint density at radius 3 is 2.28 bits per heavy atom. The van der Waals surface area contributed by atoms with Gasteiger partial charge in [0.15, 0.2) is 0 Å². The Morgan fingerprint density at radius 2 is 1.83 bits per heavy atom. The molecular weight excluding hydrogens is 230 g/mol. The summed E-state index contributed by atoms with van der Waals surface area (Å²) in [5.74, 6) is 0.857. The lowest BCUT2D eigenvalue weighted by Crippen LogP contribution is -2.44. The van der Waals surface area contributed by atoms with Gasteiger partial charge in [0, 0.05) is 20.0 Å². The van der Waals surface area contributed by atoms with Gasteiger partial charge < -0.3 is 14.7 Å². The maximum absolute atomic E-state index is 11.3. The number of aliphatic hydroxyl groups is 1. The van der Waals surface area contributed by atoms with E-state index in [-0.39, 0.29) is 5.91 Å². The monoisotopic (exact) mass is 249 g/mol. The van der Waals surface area contributed by atoms with E-state index in [4.69, 9.17) is 4.74 Å². The van der Waals surface area contributed by atoms with E-state index in [9.17, 15) is 9.90 Å². The highest BCUT2D eigenvalue weighted by molar-refractivity contribution is 5.73. The zero-order valence-electron chi connectivity index (χ0n) is 10.8. The molecule has 1 amide bonds. The highest BCUT2D eigenvalue weighted by atomic mass is 16.5. The summed E-state index contributed by atoms with van der Waals surface area (Å²) in [6.07, 6.45) is 1.16. The summed E-state index contributed by atoms with van der Waals surface area (Å²) in [5, 5.41) is 10.6. The van der Waals surface area contributed by atoms with Crippen LogP contribution in [-0.4, -0.2) is 36.1 Å². The predicted molar refractivity (Wildman–Crippen MR) is 68.4 cm³/mol. The van der Waals surface area contributed by atoms with E-state index in [1.54, 1.807) is 18.9 Å². The minimum atomic E-state index is -0.821. The fourth-order valence-corrected chi connectivity index (χ4v) is 2.38. The Bertz CT molecular complexity index is 419. The predicted octanol–water partition coefficient (Wildman–Crippen LogP) is 1.53. The van der Waals surface area contributed by atoms with Crippen LogP contribution in [0.1, 0.15) is 25.3 Å². The Labute approximate surface area is 107 Å². The lowest BCUT2D eigenvalue weighted by molar-refractivity contribution is -0.133. The number of piperidine rings is 1. The fourth-order valence-electron chi connectivity index (χ4n) is 2.38. The number of likely N-dealkylation sites (tertiary alicyclic amines) is 1. The molecule has 0 radical (unpaired) electrons. The molecule has 0 aliphatic carbocycles. The largest absolute Gasteiger partial charge is 0.497 e. The summed E-state index contributed by atoms with van der Waals surface area (Å²) in [4.78, 5) is 13.0.